The molecule has 1 fully saturated rings. The Balaban J connectivity index is 2.04. The first-order valence-corrected chi connectivity index (χ1v) is 7.47. The average Bonchev–Trinajstić information content (AvgIpc) is 2.47. The van der Waals surface area contributed by atoms with Crippen LogP contribution in [0, 0.1) is 0 Å². The molecule has 0 bridgehead atoms. The molecule has 114 valence electrons. The highest BCUT2D eigenvalue weighted by atomic mass is 35.5. The zero-order valence-electron chi connectivity index (χ0n) is 11.7. The van der Waals surface area contributed by atoms with Gasteiger partial charge in [0.25, 0.3) is 0 Å². The molecular weight excluding hydrogens is 292 g/mol. The van der Waals surface area contributed by atoms with Gasteiger partial charge in [0, 0.05) is 18.1 Å². The van der Waals surface area contributed by atoms with Gasteiger partial charge in [-0.15, -0.1) is 0 Å². The Hall–Kier alpha value is -1.75. The Morgan fingerprint density at radius 2 is 2.19 bits per heavy atom. The maximum Gasteiger partial charge on any atom is 0.317 e. The molecule has 6 heteroatoms. The maximum absolute atomic E-state index is 12.2. The summed E-state index contributed by atoms with van der Waals surface area (Å²) in [4.78, 5) is 24.5. The number of nitrogens with one attached hydrogen (secondary N) is 1. The molecule has 2 amide bonds. The monoisotopic (exact) mass is 310 g/mol. The molecule has 1 aromatic rings. The van der Waals surface area contributed by atoms with Crippen molar-refractivity contribution in [2.45, 2.75) is 31.7 Å². The van der Waals surface area contributed by atoms with Crippen LogP contribution in [0.2, 0.25) is 5.02 Å². The Bertz CT molecular complexity index is 521. The minimum absolute atomic E-state index is 0.00211. The fraction of sp³-hybridized carbons (Fsp3) is 0.467. The molecule has 2 rings (SSSR count). The number of hydrogen-bond donors (Lipinski definition) is 2. The van der Waals surface area contributed by atoms with Crippen LogP contribution in [0.15, 0.2) is 24.3 Å². The molecule has 2 N–H and O–H groups in total. The molecule has 0 aliphatic carbocycles. The van der Waals surface area contributed by atoms with Gasteiger partial charge in [-0.3, -0.25) is 4.79 Å². The Morgan fingerprint density at radius 3 is 2.90 bits per heavy atom. The van der Waals surface area contributed by atoms with Crippen molar-refractivity contribution in [3.63, 3.8) is 0 Å². The maximum atomic E-state index is 12.2. The number of piperidine rings is 1. The van der Waals surface area contributed by atoms with E-state index in [1.54, 1.807) is 4.90 Å². The van der Waals surface area contributed by atoms with Crippen molar-refractivity contribution < 1.29 is 14.7 Å². The first-order chi connectivity index (χ1) is 10.1. The number of amides is 2. The Labute approximate surface area is 128 Å². The van der Waals surface area contributed by atoms with Crippen molar-refractivity contribution in [1.29, 1.82) is 0 Å². The van der Waals surface area contributed by atoms with E-state index in [1.807, 2.05) is 24.3 Å². The molecular formula is C15H19ClN2O3. The summed E-state index contributed by atoms with van der Waals surface area (Å²) in [5.74, 6) is -0.916. The second-order valence-electron chi connectivity index (χ2n) is 5.14. The van der Waals surface area contributed by atoms with E-state index in [0.717, 1.165) is 24.8 Å². The summed E-state index contributed by atoms with van der Waals surface area (Å²) in [6.45, 7) is 0.822. The summed E-state index contributed by atoms with van der Waals surface area (Å²) in [6, 6.07) is 7.34. The number of nitrogens with zero attached hydrogens (tertiary/aromatic N) is 1. The standard InChI is InChI=1S/C15H19ClN2O3/c16-12-5-3-4-11(10-12)13-6-1-2-9-18(13)15(21)17-8-7-14(19)20/h3-5,10,13H,1-2,6-9H2,(H,17,21)(H,19,20). The molecule has 1 saturated heterocycles. The van der Waals surface area contributed by atoms with Crippen LogP contribution in [0.25, 0.3) is 0 Å². The van der Waals surface area contributed by atoms with Gasteiger partial charge in [0.1, 0.15) is 0 Å². The lowest BCUT2D eigenvalue weighted by atomic mass is 9.95. The fourth-order valence-corrected chi connectivity index (χ4v) is 2.81. The summed E-state index contributed by atoms with van der Waals surface area (Å²) in [6.07, 6.45) is 2.85. The van der Waals surface area contributed by atoms with E-state index in [1.165, 1.54) is 0 Å². The van der Waals surface area contributed by atoms with Gasteiger partial charge in [-0.1, -0.05) is 23.7 Å². The van der Waals surface area contributed by atoms with E-state index < -0.39 is 5.97 Å². The molecule has 0 radical (unpaired) electrons. The van der Waals surface area contributed by atoms with Crippen LogP contribution >= 0.6 is 11.6 Å². The molecule has 1 unspecified atom stereocenters. The van der Waals surface area contributed by atoms with Crippen LogP contribution in [0.4, 0.5) is 4.79 Å². The van der Waals surface area contributed by atoms with Crippen LogP contribution in [0.5, 0.6) is 0 Å². The van der Waals surface area contributed by atoms with Crippen LogP contribution in [0.1, 0.15) is 37.3 Å². The summed E-state index contributed by atoms with van der Waals surface area (Å²) in [7, 11) is 0. The third-order valence-corrected chi connectivity index (χ3v) is 3.85. The van der Waals surface area contributed by atoms with E-state index in [-0.39, 0.29) is 25.0 Å². The van der Waals surface area contributed by atoms with Gasteiger partial charge in [-0.05, 0) is 37.0 Å². The van der Waals surface area contributed by atoms with E-state index >= 15 is 0 Å². The van der Waals surface area contributed by atoms with Crippen molar-refractivity contribution >= 4 is 23.6 Å². The highest BCUT2D eigenvalue weighted by Crippen LogP contribution is 2.31. The number of carboxylic acids is 1. The minimum atomic E-state index is -0.916. The molecule has 1 atom stereocenters. The lowest BCUT2D eigenvalue weighted by Gasteiger charge is -2.36. The zero-order chi connectivity index (χ0) is 15.2. The molecule has 5 nitrogen and oxygen atoms in total. The van der Waals surface area contributed by atoms with E-state index in [2.05, 4.69) is 5.32 Å². The fourth-order valence-electron chi connectivity index (χ4n) is 2.61. The number of aliphatic carboxylic acids is 1. The quantitative estimate of drug-likeness (QED) is 0.898. The van der Waals surface area contributed by atoms with Gasteiger partial charge in [-0.2, -0.15) is 0 Å². The number of carbonyl (C=O) groups is 2. The SMILES string of the molecule is O=C(O)CCNC(=O)N1CCCCC1c1cccc(Cl)c1. The number of urea groups is 1. The lowest BCUT2D eigenvalue weighted by molar-refractivity contribution is -0.136. The van der Waals surface area contributed by atoms with Crippen LogP contribution in [-0.2, 0) is 4.79 Å². The van der Waals surface area contributed by atoms with Gasteiger partial charge >= 0.3 is 12.0 Å². The first kappa shape index (κ1) is 15.6. The number of likely N-dealkylation sites (tertiary alicyclic amines) is 1. The highest BCUT2D eigenvalue weighted by Gasteiger charge is 2.27. The van der Waals surface area contributed by atoms with Crippen molar-refractivity contribution in [2.75, 3.05) is 13.1 Å². The van der Waals surface area contributed by atoms with Crippen LogP contribution in [-0.4, -0.2) is 35.1 Å². The summed E-state index contributed by atoms with van der Waals surface area (Å²) >= 11 is 6.03. The topological polar surface area (TPSA) is 69.6 Å². The van der Waals surface area contributed by atoms with Gasteiger partial charge < -0.3 is 15.3 Å². The molecule has 0 saturated carbocycles. The average molecular weight is 311 g/mol. The smallest absolute Gasteiger partial charge is 0.317 e. The summed E-state index contributed by atoms with van der Waals surface area (Å²) in [5.41, 5.74) is 1.02. The normalized spacial score (nSPS) is 18.3. The highest BCUT2D eigenvalue weighted by molar-refractivity contribution is 6.30. The number of benzene rings is 1. The molecule has 21 heavy (non-hydrogen) atoms. The molecule has 0 spiro atoms. The van der Waals surface area contributed by atoms with Gasteiger partial charge in [0.15, 0.2) is 0 Å². The number of halogens is 1. The number of carbonyl (C=O) groups excluding carboxylic acids is 1. The van der Waals surface area contributed by atoms with Crippen molar-refractivity contribution in [2.24, 2.45) is 0 Å². The second kappa shape index (κ2) is 7.31. The van der Waals surface area contributed by atoms with Gasteiger partial charge in [0.05, 0.1) is 12.5 Å². The zero-order valence-corrected chi connectivity index (χ0v) is 12.5. The van der Waals surface area contributed by atoms with Gasteiger partial charge in [-0.25, -0.2) is 4.79 Å². The van der Waals surface area contributed by atoms with E-state index in [4.69, 9.17) is 16.7 Å². The Kier molecular flexibility index (Phi) is 5.44. The predicted octanol–water partition coefficient (Wildman–Crippen LogP) is 3.05. The van der Waals surface area contributed by atoms with Crippen LogP contribution < -0.4 is 5.32 Å². The Morgan fingerprint density at radius 1 is 1.38 bits per heavy atom. The largest absolute Gasteiger partial charge is 0.481 e. The van der Waals surface area contributed by atoms with Crippen molar-refractivity contribution in [3.8, 4) is 0 Å². The van der Waals surface area contributed by atoms with Crippen molar-refractivity contribution in [3.05, 3.63) is 34.9 Å². The number of rotatable bonds is 4. The number of hydrogen-bond acceptors (Lipinski definition) is 2. The molecule has 1 aliphatic heterocycles. The summed E-state index contributed by atoms with van der Waals surface area (Å²) < 4.78 is 0. The van der Waals surface area contributed by atoms with Crippen LogP contribution in [0.3, 0.4) is 0 Å². The van der Waals surface area contributed by atoms with E-state index in [9.17, 15) is 9.59 Å². The molecule has 1 heterocycles. The molecule has 1 aliphatic rings. The summed E-state index contributed by atoms with van der Waals surface area (Å²) in [5, 5.41) is 11.9. The predicted molar refractivity (Wildman–Crippen MR) is 80.4 cm³/mol. The lowest BCUT2D eigenvalue weighted by Crippen LogP contribution is -2.45. The number of carboxylic acid groups (broad SMARTS) is 1. The van der Waals surface area contributed by atoms with Gasteiger partial charge in [0.2, 0.25) is 0 Å². The third-order valence-electron chi connectivity index (χ3n) is 3.61. The third kappa shape index (κ3) is 4.36. The molecule has 1 aromatic carbocycles. The van der Waals surface area contributed by atoms with E-state index in [0.29, 0.717) is 11.6 Å². The first-order valence-electron chi connectivity index (χ1n) is 7.09. The minimum Gasteiger partial charge on any atom is -0.481 e. The van der Waals surface area contributed by atoms with Crippen molar-refractivity contribution in [1.82, 2.24) is 10.2 Å². The molecule has 0 aromatic heterocycles. The second-order valence-corrected chi connectivity index (χ2v) is 5.57.